The highest BCUT2D eigenvalue weighted by Crippen LogP contribution is 2.28. The predicted octanol–water partition coefficient (Wildman–Crippen LogP) is 2.95. The zero-order valence-corrected chi connectivity index (χ0v) is 13.7. The molecule has 1 aromatic heterocycles. The minimum atomic E-state index is -1.16. The number of nitrogens with zero attached hydrogens (tertiary/aromatic N) is 2. The number of benzene rings is 1. The first-order valence-corrected chi connectivity index (χ1v) is 7.36. The van der Waals surface area contributed by atoms with Crippen LogP contribution in [-0.2, 0) is 9.59 Å². The lowest BCUT2D eigenvalue weighted by Gasteiger charge is -2.25. The van der Waals surface area contributed by atoms with Crippen molar-refractivity contribution in [2.24, 2.45) is 11.3 Å². The molecule has 1 atom stereocenters. The van der Waals surface area contributed by atoms with Crippen molar-refractivity contribution in [2.75, 3.05) is 5.32 Å². The van der Waals surface area contributed by atoms with Crippen LogP contribution in [0.3, 0.4) is 0 Å². The SMILES string of the molecule is CC(C)(C)C(C(=O)O)C(=O)Nc1cccc(Oc2cccnn2)c1. The van der Waals surface area contributed by atoms with Crippen LogP contribution >= 0.6 is 0 Å². The van der Waals surface area contributed by atoms with Crippen molar-refractivity contribution in [2.45, 2.75) is 20.8 Å². The van der Waals surface area contributed by atoms with Crippen molar-refractivity contribution >= 4 is 17.6 Å². The van der Waals surface area contributed by atoms with Crippen LogP contribution in [-0.4, -0.2) is 27.2 Å². The van der Waals surface area contributed by atoms with Gasteiger partial charge in [-0.05, 0) is 23.6 Å². The summed E-state index contributed by atoms with van der Waals surface area (Å²) in [6, 6.07) is 9.97. The summed E-state index contributed by atoms with van der Waals surface area (Å²) in [7, 11) is 0. The second kappa shape index (κ2) is 7.08. The summed E-state index contributed by atoms with van der Waals surface area (Å²) in [5.74, 6) is -2.13. The number of rotatable bonds is 5. The molecule has 0 saturated heterocycles. The normalized spacial score (nSPS) is 12.3. The molecule has 0 bridgehead atoms. The van der Waals surface area contributed by atoms with Gasteiger partial charge in [-0.2, -0.15) is 5.10 Å². The summed E-state index contributed by atoms with van der Waals surface area (Å²) in [5, 5.41) is 19.4. The van der Waals surface area contributed by atoms with Crippen LogP contribution in [0.5, 0.6) is 11.6 Å². The Kier molecular flexibility index (Phi) is 5.13. The summed E-state index contributed by atoms with van der Waals surface area (Å²) < 4.78 is 5.53. The van der Waals surface area contributed by atoms with Crippen LogP contribution in [0.15, 0.2) is 42.6 Å². The van der Waals surface area contributed by atoms with Gasteiger partial charge in [0.15, 0.2) is 0 Å². The number of ether oxygens (including phenoxy) is 1. The van der Waals surface area contributed by atoms with Crippen LogP contribution in [0.1, 0.15) is 20.8 Å². The standard InChI is InChI=1S/C17H19N3O4/c1-17(2,3)14(16(22)23)15(21)19-11-6-4-7-12(10-11)24-13-8-5-9-18-20-13/h4-10,14H,1-3H3,(H,19,21)(H,22,23). The highest BCUT2D eigenvalue weighted by Gasteiger charge is 2.37. The van der Waals surface area contributed by atoms with Crippen molar-refractivity contribution in [3.8, 4) is 11.6 Å². The van der Waals surface area contributed by atoms with Crippen molar-refractivity contribution < 1.29 is 19.4 Å². The number of nitrogens with one attached hydrogen (secondary N) is 1. The third-order valence-electron chi connectivity index (χ3n) is 3.25. The maximum Gasteiger partial charge on any atom is 0.316 e. The van der Waals surface area contributed by atoms with Crippen LogP contribution < -0.4 is 10.1 Å². The fourth-order valence-corrected chi connectivity index (χ4v) is 2.19. The van der Waals surface area contributed by atoms with Gasteiger partial charge in [0.1, 0.15) is 11.7 Å². The molecule has 0 aliphatic carbocycles. The molecule has 1 heterocycles. The maximum atomic E-state index is 12.3. The summed E-state index contributed by atoms with van der Waals surface area (Å²) >= 11 is 0. The molecule has 2 rings (SSSR count). The van der Waals surface area contributed by atoms with E-state index < -0.39 is 23.2 Å². The van der Waals surface area contributed by atoms with Crippen LogP contribution in [0.25, 0.3) is 0 Å². The van der Waals surface area contributed by atoms with Crippen LogP contribution in [0, 0.1) is 11.3 Å². The quantitative estimate of drug-likeness (QED) is 0.818. The van der Waals surface area contributed by atoms with E-state index in [4.69, 9.17) is 4.74 Å². The third-order valence-corrected chi connectivity index (χ3v) is 3.25. The van der Waals surface area contributed by atoms with E-state index in [2.05, 4.69) is 15.5 Å². The van der Waals surface area contributed by atoms with Crippen molar-refractivity contribution in [3.05, 3.63) is 42.6 Å². The zero-order valence-electron chi connectivity index (χ0n) is 13.7. The second-order valence-corrected chi connectivity index (χ2v) is 6.32. The van der Waals surface area contributed by atoms with Crippen molar-refractivity contribution in [1.82, 2.24) is 10.2 Å². The fourth-order valence-electron chi connectivity index (χ4n) is 2.19. The monoisotopic (exact) mass is 329 g/mol. The lowest BCUT2D eigenvalue weighted by molar-refractivity contribution is -0.149. The van der Waals surface area contributed by atoms with Gasteiger partial charge in [-0.3, -0.25) is 9.59 Å². The number of hydrogen-bond donors (Lipinski definition) is 2. The Morgan fingerprint density at radius 2 is 1.96 bits per heavy atom. The molecule has 0 spiro atoms. The van der Waals surface area contributed by atoms with Crippen LogP contribution in [0.2, 0.25) is 0 Å². The number of anilines is 1. The van der Waals surface area contributed by atoms with Gasteiger partial charge in [-0.15, -0.1) is 5.10 Å². The van der Waals surface area contributed by atoms with E-state index in [-0.39, 0.29) is 0 Å². The Balaban J connectivity index is 2.14. The lowest BCUT2D eigenvalue weighted by atomic mass is 9.80. The Morgan fingerprint density at radius 3 is 2.54 bits per heavy atom. The largest absolute Gasteiger partial charge is 0.481 e. The number of carboxylic acid groups (broad SMARTS) is 1. The molecule has 0 saturated carbocycles. The molecule has 1 amide bonds. The lowest BCUT2D eigenvalue weighted by Crippen LogP contribution is -2.39. The average Bonchev–Trinajstić information content (AvgIpc) is 2.46. The summed E-state index contributed by atoms with van der Waals surface area (Å²) in [5.41, 5.74) is -0.263. The molecular weight excluding hydrogens is 310 g/mol. The van der Waals surface area contributed by atoms with E-state index in [1.54, 1.807) is 57.2 Å². The van der Waals surface area contributed by atoms with Gasteiger partial charge in [-0.25, -0.2) is 0 Å². The predicted molar refractivity (Wildman–Crippen MR) is 87.8 cm³/mol. The number of aromatic nitrogens is 2. The van der Waals surface area contributed by atoms with Gasteiger partial charge >= 0.3 is 5.97 Å². The summed E-state index contributed by atoms with van der Waals surface area (Å²) in [4.78, 5) is 23.7. The molecule has 1 unspecified atom stereocenters. The molecule has 1 aromatic carbocycles. The number of aliphatic carboxylic acids is 1. The molecule has 0 fully saturated rings. The Labute approximate surface area is 139 Å². The smallest absolute Gasteiger partial charge is 0.316 e. The molecular formula is C17H19N3O4. The average molecular weight is 329 g/mol. The molecule has 7 heteroatoms. The highest BCUT2D eigenvalue weighted by molar-refractivity contribution is 6.04. The molecule has 126 valence electrons. The summed E-state index contributed by atoms with van der Waals surface area (Å²) in [6.45, 7) is 5.12. The van der Waals surface area contributed by atoms with E-state index >= 15 is 0 Å². The number of hydrogen-bond acceptors (Lipinski definition) is 5. The fraction of sp³-hybridized carbons (Fsp3) is 0.294. The van der Waals surface area contributed by atoms with Gasteiger partial charge in [0.05, 0.1) is 0 Å². The Hall–Kier alpha value is -2.96. The third kappa shape index (κ3) is 4.52. The zero-order chi connectivity index (χ0) is 17.7. The molecule has 24 heavy (non-hydrogen) atoms. The van der Waals surface area contributed by atoms with Crippen molar-refractivity contribution in [3.63, 3.8) is 0 Å². The van der Waals surface area contributed by atoms with Crippen molar-refractivity contribution in [1.29, 1.82) is 0 Å². The van der Waals surface area contributed by atoms with E-state index in [1.807, 2.05) is 0 Å². The molecule has 2 aromatic rings. The van der Waals surface area contributed by atoms with E-state index in [1.165, 1.54) is 6.20 Å². The molecule has 0 radical (unpaired) electrons. The van der Waals surface area contributed by atoms with E-state index in [0.29, 0.717) is 17.3 Å². The number of carbonyl (C=O) groups excluding carboxylic acids is 1. The number of carbonyl (C=O) groups is 2. The molecule has 2 N–H and O–H groups in total. The minimum Gasteiger partial charge on any atom is -0.481 e. The minimum absolute atomic E-state index is 0.319. The van der Waals surface area contributed by atoms with Gasteiger partial charge in [0, 0.05) is 24.0 Å². The molecule has 0 aliphatic heterocycles. The van der Waals surface area contributed by atoms with Gasteiger partial charge in [-0.1, -0.05) is 26.8 Å². The molecule has 0 aliphatic rings. The maximum absolute atomic E-state index is 12.3. The Bertz CT molecular complexity index is 726. The van der Waals surface area contributed by atoms with Gasteiger partial charge < -0.3 is 15.2 Å². The number of amides is 1. The first-order chi connectivity index (χ1) is 11.3. The first kappa shape index (κ1) is 17.4. The highest BCUT2D eigenvalue weighted by atomic mass is 16.5. The molecule has 7 nitrogen and oxygen atoms in total. The summed E-state index contributed by atoms with van der Waals surface area (Å²) in [6.07, 6.45) is 1.53. The second-order valence-electron chi connectivity index (χ2n) is 6.32. The first-order valence-electron chi connectivity index (χ1n) is 7.36. The Morgan fingerprint density at radius 1 is 1.21 bits per heavy atom. The van der Waals surface area contributed by atoms with E-state index in [0.717, 1.165) is 0 Å². The van der Waals surface area contributed by atoms with Gasteiger partial charge in [0.2, 0.25) is 11.8 Å². The van der Waals surface area contributed by atoms with Crippen LogP contribution in [0.4, 0.5) is 5.69 Å². The van der Waals surface area contributed by atoms with Gasteiger partial charge in [0.25, 0.3) is 0 Å². The topological polar surface area (TPSA) is 101 Å². The number of carboxylic acids is 1. The van der Waals surface area contributed by atoms with E-state index in [9.17, 15) is 14.7 Å².